The minimum atomic E-state index is -0.248. The van der Waals surface area contributed by atoms with Crippen molar-refractivity contribution in [1.82, 2.24) is 10.6 Å². The zero-order chi connectivity index (χ0) is 14.6. The standard InChI is InChI=1S/C17H26N2O/c1-4-15(14-8-6-5-7-9-14)19-16(20)17(13(2)3)10-11-18-12-17/h5-9,13,15,18H,4,10-12H2,1-3H3,(H,19,20). The van der Waals surface area contributed by atoms with Crippen molar-refractivity contribution >= 4 is 5.91 Å². The molecule has 3 nitrogen and oxygen atoms in total. The monoisotopic (exact) mass is 274 g/mol. The van der Waals surface area contributed by atoms with Crippen molar-refractivity contribution in [2.45, 2.75) is 39.7 Å². The van der Waals surface area contributed by atoms with Crippen molar-refractivity contribution in [3.8, 4) is 0 Å². The van der Waals surface area contributed by atoms with Gasteiger partial charge in [-0.05, 0) is 30.9 Å². The summed E-state index contributed by atoms with van der Waals surface area (Å²) in [4.78, 5) is 12.8. The second-order valence-electron chi connectivity index (χ2n) is 6.08. The van der Waals surface area contributed by atoms with Crippen LogP contribution in [0, 0.1) is 11.3 Å². The lowest BCUT2D eigenvalue weighted by molar-refractivity contribution is -0.133. The van der Waals surface area contributed by atoms with Gasteiger partial charge < -0.3 is 10.6 Å². The van der Waals surface area contributed by atoms with Gasteiger partial charge in [-0.25, -0.2) is 0 Å². The van der Waals surface area contributed by atoms with E-state index in [9.17, 15) is 4.79 Å². The van der Waals surface area contributed by atoms with Gasteiger partial charge in [-0.3, -0.25) is 4.79 Å². The van der Waals surface area contributed by atoms with E-state index in [0.717, 1.165) is 25.9 Å². The predicted molar refractivity (Wildman–Crippen MR) is 82.4 cm³/mol. The van der Waals surface area contributed by atoms with E-state index < -0.39 is 0 Å². The zero-order valence-corrected chi connectivity index (χ0v) is 12.8. The molecule has 1 aliphatic heterocycles. The molecular formula is C17H26N2O. The van der Waals surface area contributed by atoms with Gasteiger partial charge in [0.1, 0.15) is 0 Å². The number of carbonyl (C=O) groups is 1. The van der Waals surface area contributed by atoms with Crippen LogP contribution in [-0.2, 0) is 4.79 Å². The van der Waals surface area contributed by atoms with Crippen molar-refractivity contribution in [2.24, 2.45) is 11.3 Å². The van der Waals surface area contributed by atoms with Crippen LogP contribution in [0.15, 0.2) is 30.3 Å². The molecular weight excluding hydrogens is 248 g/mol. The fraction of sp³-hybridized carbons (Fsp3) is 0.588. The Kier molecular flexibility index (Phi) is 4.81. The minimum absolute atomic E-state index is 0.111. The molecule has 1 aliphatic rings. The normalized spacial score (nSPS) is 23.8. The van der Waals surface area contributed by atoms with E-state index in [4.69, 9.17) is 0 Å². The first-order valence-electron chi connectivity index (χ1n) is 7.67. The van der Waals surface area contributed by atoms with Gasteiger partial charge in [-0.1, -0.05) is 51.1 Å². The summed E-state index contributed by atoms with van der Waals surface area (Å²) in [5.74, 6) is 0.555. The van der Waals surface area contributed by atoms with E-state index in [-0.39, 0.29) is 17.4 Å². The molecule has 1 saturated heterocycles. The summed E-state index contributed by atoms with van der Waals surface area (Å²) in [6.45, 7) is 8.15. The molecule has 1 aromatic rings. The molecule has 0 radical (unpaired) electrons. The van der Waals surface area contributed by atoms with Crippen molar-refractivity contribution < 1.29 is 4.79 Å². The lowest BCUT2D eigenvalue weighted by Crippen LogP contribution is -2.47. The molecule has 0 aliphatic carbocycles. The molecule has 1 aromatic carbocycles. The van der Waals surface area contributed by atoms with Crippen LogP contribution in [0.25, 0.3) is 0 Å². The Bertz CT molecular complexity index is 436. The fourth-order valence-corrected chi connectivity index (χ4v) is 3.07. The van der Waals surface area contributed by atoms with Crippen molar-refractivity contribution in [3.05, 3.63) is 35.9 Å². The zero-order valence-electron chi connectivity index (χ0n) is 12.8. The minimum Gasteiger partial charge on any atom is -0.349 e. The fourth-order valence-electron chi connectivity index (χ4n) is 3.07. The number of hydrogen-bond acceptors (Lipinski definition) is 2. The quantitative estimate of drug-likeness (QED) is 0.867. The largest absolute Gasteiger partial charge is 0.349 e. The molecule has 3 heteroatoms. The summed E-state index contributed by atoms with van der Waals surface area (Å²) in [7, 11) is 0. The Hall–Kier alpha value is -1.35. The number of carbonyl (C=O) groups excluding carboxylic acids is 1. The number of amides is 1. The van der Waals surface area contributed by atoms with Crippen LogP contribution in [0.2, 0.25) is 0 Å². The van der Waals surface area contributed by atoms with Gasteiger partial charge in [0.15, 0.2) is 0 Å². The Morgan fingerprint density at radius 2 is 2.05 bits per heavy atom. The molecule has 2 N–H and O–H groups in total. The third-order valence-electron chi connectivity index (χ3n) is 4.66. The second-order valence-corrected chi connectivity index (χ2v) is 6.08. The van der Waals surface area contributed by atoms with E-state index in [2.05, 4.69) is 43.5 Å². The van der Waals surface area contributed by atoms with Gasteiger partial charge in [0.25, 0.3) is 0 Å². The summed E-state index contributed by atoms with van der Waals surface area (Å²) in [6.07, 6.45) is 1.85. The lowest BCUT2D eigenvalue weighted by atomic mass is 9.75. The van der Waals surface area contributed by atoms with Crippen molar-refractivity contribution in [1.29, 1.82) is 0 Å². The molecule has 0 saturated carbocycles. The van der Waals surface area contributed by atoms with Crippen LogP contribution in [0.3, 0.4) is 0 Å². The van der Waals surface area contributed by atoms with Crippen LogP contribution in [-0.4, -0.2) is 19.0 Å². The number of benzene rings is 1. The van der Waals surface area contributed by atoms with Crippen LogP contribution in [0.5, 0.6) is 0 Å². The van der Waals surface area contributed by atoms with Crippen LogP contribution in [0.1, 0.15) is 45.2 Å². The lowest BCUT2D eigenvalue weighted by Gasteiger charge is -2.33. The summed E-state index contributed by atoms with van der Waals surface area (Å²) in [5.41, 5.74) is 0.940. The van der Waals surface area contributed by atoms with Crippen molar-refractivity contribution in [2.75, 3.05) is 13.1 Å². The highest BCUT2D eigenvalue weighted by atomic mass is 16.2. The summed E-state index contributed by atoms with van der Waals surface area (Å²) in [6, 6.07) is 10.3. The summed E-state index contributed by atoms with van der Waals surface area (Å²) < 4.78 is 0. The van der Waals surface area contributed by atoms with Gasteiger partial charge in [-0.2, -0.15) is 0 Å². The van der Waals surface area contributed by atoms with Crippen LogP contribution >= 0.6 is 0 Å². The molecule has 1 amide bonds. The Labute approximate surface area is 122 Å². The summed E-state index contributed by atoms with van der Waals surface area (Å²) >= 11 is 0. The van der Waals surface area contributed by atoms with Crippen molar-refractivity contribution in [3.63, 3.8) is 0 Å². The van der Waals surface area contributed by atoms with Crippen LogP contribution in [0.4, 0.5) is 0 Å². The third-order valence-corrected chi connectivity index (χ3v) is 4.66. The first-order chi connectivity index (χ1) is 9.60. The molecule has 2 unspecified atom stereocenters. The van der Waals surface area contributed by atoms with Gasteiger partial charge >= 0.3 is 0 Å². The molecule has 110 valence electrons. The molecule has 0 aromatic heterocycles. The van der Waals surface area contributed by atoms with Gasteiger partial charge in [0.05, 0.1) is 11.5 Å². The average molecular weight is 274 g/mol. The Morgan fingerprint density at radius 1 is 1.35 bits per heavy atom. The second kappa shape index (κ2) is 6.40. The molecule has 0 spiro atoms. The average Bonchev–Trinajstić information content (AvgIpc) is 2.96. The number of nitrogens with one attached hydrogen (secondary N) is 2. The number of hydrogen-bond donors (Lipinski definition) is 2. The molecule has 1 heterocycles. The Morgan fingerprint density at radius 3 is 2.55 bits per heavy atom. The molecule has 1 fully saturated rings. The van der Waals surface area contributed by atoms with E-state index in [1.807, 2.05) is 18.2 Å². The highest BCUT2D eigenvalue weighted by molar-refractivity contribution is 5.84. The Balaban J connectivity index is 2.13. The first-order valence-corrected chi connectivity index (χ1v) is 7.67. The highest BCUT2D eigenvalue weighted by Gasteiger charge is 2.44. The van der Waals surface area contributed by atoms with Gasteiger partial charge in [0.2, 0.25) is 5.91 Å². The molecule has 20 heavy (non-hydrogen) atoms. The predicted octanol–water partition coefficient (Wildman–Crippen LogP) is 2.89. The van der Waals surface area contributed by atoms with E-state index in [1.165, 1.54) is 5.56 Å². The maximum Gasteiger partial charge on any atom is 0.228 e. The summed E-state index contributed by atoms with van der Waals surface area (Å²) in [5, 5.41) is 6.61. The topological polar surface area (TPSA) is 41.1 Å². The third kappa shape index (κ3) is 2.88. The maximum absolute atomic E-state index is 12.8. The molecule has 0 bridgehead atoms. The maximum atomic E-state index is 12.8. The van der Waals surface area contributed by atoms with Crippen LogP contribution < -0.4 is 10.6 Å². The first kappa shape index (κ1) is 15.0. The van der Waals surface area contributed by atoms with E-state index in [1.54, 1.807) is 0 Å². The van der Waals surface area contributed by atoms with Gasteiger partial charge in [-0.15, -0.1) is 0 Å². The smallest absolute Gasteiger partial charge is 0.228 e. The highest BCUT2D eigenvalue weighted by Crippen LogP contribution is 2.35. The SMILES string of the molecule is CCC(NC(=O)C1(C(C)C)CCNC1)c1ccccc1. The number of rotatable bonds is 5. The molecule has 2 rings (SSSR count). The van der Waals surface area contributed by atoms with E-state index >= 15 is 0 Å². The van der Waals surface area contributed by atoms with E-state index in [0.29, 0.717) is 5.92 Å². The molecule has 2 atom stereocenters. The van der Waals surface area contributed by atoms with Gasteiger partial charge in [0, 0.05) is 6.54 Å².